The fourth-order valence-corrected chi connectivity index (χ4v) is 4.38. The first kappa shape index (κ1) is 28.3. The SMILES string of the molecule is COc1ccc(CN(C(=O)CN(c2cc(Cl)ccc2OC)S(C)(=O)=O)[C@@H](C)C(=O)NC(C)C)cc1. The molecule has 1 N–H and O–H groups in total. The van der Waals surface area contributed by atoms with Crippen LogP contribution in [0, 0.1) is 0 Å². The number of carbonyl (C=O) groups excluding carboxylic acids is 2. The molecule has 0 fully saturated rings. The molecular formula is C24H32ClN3O6S. The summed E-state index contributed by atoms with van der Waals surface area (Å²) in [5.41, 5.74) is 0.870. The first-order chi connectivity index (χ1) is 16.4. The molecule has 2 amide bonds. The molecule has 0 aliphatic carbocycles. The Morgan fingerprint density at radius 2 is 1.66 bits per heavy atom. The van der Waals surface area contributed by atoms with Crippen LogP contribution in [-0.4, -0.2) is 64.2 Å². The largest absolute Gasteiger partial charge is 0.497 e. The number of sulfonamides is 1. The zero-order valence-corrected chi connectivity index (χ0v) is 22.3. The molecule has 0 aliphatic rings. The fourth-order valence-electron chi connectivity index (χ4n) is 3.37. The first-order valence-corrected chi connectivity index (χ1v) is 13.1. The van der Waals surface area contributed by atoms with Crippen LogP contribution in [0.2, 0.25) is 5.02 Å². The summed E-state index contributed by atoms with van der Waals surface area (Å²) in [5, 5.41) is 3.08. The van der Waals surface area contributed by atoms with E-state index < -0.39 is 28.5 Å². The predicted molar refractivity (Wildman–Crippen MR) is 136 cm³/mol. The van der Waals surface area contributed by atoms with Gasteiger partial charge in [-0.25, -0.2) is 8.42 Å². The van der Waals surface area contributed by atoms with Crippen molar-refractivity contribution in [3.8, 4) is 11.5 Å². The molecule has 35 heavy (non-hydrogen) atoms. The lowest BCUT2D eigenvalue weighted by atomic mass is 10.1. The molecule has 11 heteroatoms. The number of ether oxygens (including phenoxy) is 2. The van der Waals surface area contributed by atoms with Gasteiger partial charge in [0, 0.05) is 17.6 Å². The lowest BCUT2D eigenvalue weighted by molar-refractivity contribution is -0.139. The van der Waals surface area contributed by atoms with Gasteiger partial charge in [-0.3, -0.25) is 13.9 Å². The van der Waals surface area contributed by atoms with Crippen molar-refractivity contribution >= 4 is 39.1 Å². The van der Waals surface area contributed by atoms with E-state index in [1.807, 2.05) is 13.8 Å². The summed E-state index contributed by atoms with van der Waals surface area (Å²) in [6.45, 7) is 4.77. The Labute approximate surface area is 212 Å². The van der Waals surface area contributed by atoms with Crippen molar-refractivity contribution in [2.45, 2.75) is 39.4 Å². The molecule has 0 spiro atoms. The highest BCUT2D eigenvalue weighted by molar-refractivity contribution is 7.92. The summed E-state index contributed by atoms with van der Waals surface area (Å²) >= 11 is 6.10. The Morgan fingerprint density at radius 1 is 1.03 bits per heavy atom. The zero-order chi connectivity index (χ0) is 26.3. The Bertz CT molecular complexity index is 1140. The molecule has 0 heterocycles. The van der Waals surface area contributed by atoms with Crippen LogP contribution in [0.4, 0.5) is 5.69 Å². The molecule has 0 saturated carbocycles. The third-order valence-corrected chi connectivity index (χ3v) is 6.56. The molecule has 192 valence electrons. The summed E-state index contributed by atoms with van der Waals surface area (Å²) in [6, 6.07) is 10.5. The zero-order valence-electron chi connectivity index (χ0n) is 20.7. The highest BCUT2D eigenvalue weighted by Crippen LogP contribution is 2.33. The van der Waals surface area contributed by atoms with Gasteiger partial charge in [0.15, 0.2) is 0 Å². The van der Waals surface area contributed by atoms with E-state index in [1.165, 1.54) is 24.1 Å². The molecule has 2 rings (SSSR count). The average Bonchev–Trinajstić information content (AvgIpc) is 2.79. The van der Waals surface area contributed by atoms with Gasteiger partial charge in [-0.15, -0.1) is 0 Å². The maximum Gasteiger partial charge on any atom is 0.244 e. The predicted octanol–water partition coefficient (Wildman–Crippen LogP) is 3.07. The number of rotatable bonds is 11. The van der Waals surface area contributed by atoms with Crippen molar-refractivity contribution in [1.29, 1.82) is 0 Å². The Morgan fingerprint density at radius 3 is 2.17 bits per heavy atom. The lowest BCUT2D eigenvalue weighted by Crippen LogP contribution is -2.52. The maximum absolute atomic E-state index is 13.6. The maximum atomic E-state index is 13.6. The van der Waals surface area contributed by atoms with E-state index in [0.29, 0.717) is 5.75 Å². The van der Waals surface area contributed by atoms with Crippen LogP contribution < -0.4 is 19.1 Å². The van der Waals surface area contributed by atoms with Crippen LogP contribution in [0.25, 0.3) is 0 Å². The van der Waals surface area contributed by atoms with Gasteiger partial charge in [0.2, 0.25) is 21.8 Å². The third kappa shape index (κ3) is 7.76. The minimum absolute atomic E-state index is 0.0831. The summed E-state index contributed by atoms with van der Waals surface area (Å²) in [7, 11) is -0.972. The van der Waals surface area contributed by atoms with Crippen LogP contribution in [0.3, 0.4) is 0 Å². The van der Waals surface area contributed by atoms with Crippen molar-refractivity contribution < 1.29 is 27.5 Å². The summed E-state index contributed by atoms with van der Waals surface area (Å²) < 4.78 is 36.8. The molecule has 0 unspecified atom stereocenters. The Kier molecular flexibility index (Phi) is 9.79. The molecule has 2 aromatic carbocycles. The second-order valence-electron chi connectivity index (χ2n) is 8.29. The average molecular weight is 526 g/mol. The molecule has 1 atom stereocenters. The number of methoxy groups -OCH3 is 2. The number of benzene rings is 2. The van der Waals surface area contributed by atoms with E-state index in [0.717, 1.165) is 16.1 Å². The van der Waals surface area contributed by atoms with Crippen molar-refractivity contribution in [1.82, 2.24) is 10.2 Å². The number of halogens is 1. The highest BCUT2D eigenvalue weighted by Gasteiger charge is 2.31. The van der Waals surface area contributed by atoms with E-state index in [2.05, 4.69) is 5.32 Å². The summed E-state index contributed by atoms with van der Waals surface area (Å²) in [6.07, 6.45) is 0.989. The second-order valence-corrected chi connectivity index (χ2v) is 10.6. The number of amides is 2. The number of hydrogen-bond donors (Lipinski definition) is 1. The van der Waals surface area contributed by atoms with Crippen LogP contribution in [0.5, 0.6) is 11.5 Å². The molecule has 0 bridgehead atoms. The van der Waals surface area contributed by atoms with Gasteiger partial charge in [-0.05, 0) is 56.7 Å². The van der Waals surface area contributed by atoms with Crippen LogP contribution in [-0.2, 0) is 26.2 Å². The number of anilines is 1. The highest BCUT2D eigenvalue weighted by atomic mass is 35.5. The van der Waals surface area contributed by atoms with E-state index >= 15 is 0 Å². The van der Waals surface area contributed by atoms with E-state index in [-0.39, 0.29) is 35.0 Å². The lowest BCUT2D eigenvalue weighted by Gasteiger charge is -2.32. The molecule has 2 aromatic rings. The minimum atomic E-state index is -3.91. The van der Waals surface area contributed by atoms with Crippen LogP contribution >= 0.6 is 11.6 Å². The number of nitrogens with one attached hydrogen (secondary N) is 1. The van der Waals surface area contributed by atoms with Gasteiger partial charge < -0.3 is 19.7 Å². The number of carbonyl (C=O) groups is 2. The second kappa shape index (κ2) is 12.1. The Hall–Kier alpha value is -2.98. The topological polar surface area (TPSA) is 105 Å². The quantitative estimate of drug-likeness (QED) is 0.483. The molecule has 0 radical (unpaired) electrons. The normalized spacial score (nSPS) is 12.1. The van der Waals surface area contributed by atoms with Gasteiger partial charge in [-0.2, -0.15) is 0 Å². The first-order valence-electron chi connectivity index (χ1n) is 10.9. The monoisotopic (exact) mass is 525 g/mol. The standard InChI is InChI=1S/C24H32ClN3O6S/c1-16(2)26-24(30)17(3)27(14-18-7-10-20(33-4)11-8-18)23(29)15-28(35(6,31)32)21-13-19(25)9-12-22(21)34-5/h7-13,16-17H,14-15H2,1-6H3,(H,26,30)/t17-/m0/s1. The molecular weight excluding hydrogens is 494 g/mol. The van der Waals surface area contributed by atoms with Crippen LogP contribution in [0.15, 0.2) is 42.5 Å². The van der Waals surface area contributed by atoms with Gasteiger partial charge in [-0.1, -0.05) is 23.7 Å². The van der Waals surface area contributed by atoms with Crippen LogP contribution in [0.1, 0.15) is 26.3 Å². The number of hydrogen-bond acceptors (Lipinski definition) is 6. The van der Waals surface area contributed by atoms with Crippen molar-refractivity contribution in [2.24, 2.45) is 0 Å². The van der Waals surface area contributed by atoms with E-state index in [9.17, 15) is 18.0 Å². The van der Waals surface area contributed by atoms with Gasteiger partial charge in [0.05, 0.1) is 26.2 Å². The van der Waals surface area contributed by atoms with Gasteiger partial charge in [0.1, 0.15) is 24.1 Å². The molecule has 0 saturated heterocycles. The van der Waals surface area contributed by atoms with Crippen molar-refractivity contribution in [3.05, 3.63) is 53.1 Å². The van der Waals surface area contributed by atoms with Gasteiger partial charge >= 0.3 is 0 Å². The molecule has 0 aromatic heterocycles. The minimum Gasteiger partial charge on any atom is -0.497 e. The third-order valence-electron chi connectivity index (χ3n) is 5.20. The molecule has 9 nitrogen and oxygen atoms in total. The fraction of sp³-hybridized carbons (Fsp3) is 0.417. The van der Waals surface area contributed by atoms with E-state index in [1.54, 1.807) is 44.4 Å². The van der Waals surface area contributed by atoms with E-state index in [4.69, 9.17) is 21.1 Å². The number of nitrogens with zero attached hydrogens (tertiary/aromatic N) is 2. The Balaban J connectivity index is 2.45. The molecule has 0 aliphatic heterocycles. The van der Waals surface area contributed by atoms with Crippen molar-refractivity contribution in [2.75, 3.05) is 31.3 Å². The summed E-state index contributed by atoms with van der Waals surface area (Å²) in [5.74, 6) is -0.0405. The summed E-state index contributed by atoms with van der Waals surface area (Å²) in [4.78, 5) is 27.7. The van der Waals surface area contributed by atoms with Crippen molar-refractivity contribution in [3.63, 3.8) is 0 Å². The smallest absolute Gasteiger partial charge is 0.244 e. The van der Waals surface area contributed by atoms with Gasteiger partial charge in [0.25, 0.3) is 0 Å².